The molecule has 1 rings (SSSR count). The Hall–Kier alpha value is -1.36. The molecule has 0 radical (unpaired) electrons. The van der Waals surface area contributed by atoms with Gasteiger partial charge in [-0.2, -0.15) is 5.10 Å². The number of nitrogens with one attached hydrogen (secondary N) is 2. The first-order valence-electron chi connectivity index (χ1n) is 6.22. The smallest absolute Gasteiger partial charge is 0.269 e. The zero-order valence-electron chi connectivity index (χ0n) is 10.9. The molecule has 1 aromatic heterocycles. The van der Waals surface area contributed by atoms with E-state index in [1.54, 1.807) is 4.68 Å². The van der Waals surface area contributed by atoms with E-state index in [1.165, 1.54) is 0 Å². The van der Waals surface area contributed by atoms with Gasteiger partial charge in [-0.05, 0) is 32.9 Å². The van der Waals surface area contributed by atoms with Gasteiger partial charge in [0.2, 0.25) is 0 Å². The van der Waals surface area contributed by atoms with Crippen molar-refractivity contribution in [1.29, 1.82) is 0 Å². The molecule has 0 bridgehead atoms. The summed E-state index contributed by atoms with van der Waals surface area (Å²) in [6, 6.07) is 1.82. The molecule has 1 amide bonds. The third-order valence-electron chi connectivity index (χ3n) is 2.45. The Morgan fingerprint density at radius 2 is 2.12 bits per heavy atom. The number of hydrogen-bond acceptors (Lipinski definition) is 3. The van der Waals surface area contributed by atoms with E-state index in [-0.39, 0.29) is 5.91 Å². The molecule has 1 aromatic rings. The number of amides is 1. The van der Waals surface area contributed by atoms with Crippen molar-refractivity contribution in [1.82, 2.24) is 20.4 Å². The lowest BCUT2D eigenvalue weighted by Gasteiger charge is -2.07. The largest absolute Gasteiger partial charge is 0.349 e. The lowest BCUT2D eigenvalue weighted by Crippen LogP contribution is -2.33. The summed E-state index contributed by atoms with van der Waals surface area (Å²) in [6.45, 7) is 9.14. The minimum atomic E-state index is -0.0502. The molecular weight excluding hydrogens is 216 g/mol. The van der Waals surface area contributed by atoms with E-state index in [4.69, 9.17) is 0 Å². The van der Waals surface area contributed by atoms with Crippen molar-refractivity contribution in [2.75, 3.05) is 19.6 Å². The number of aryl methyl sites for hydroxylation is 2. The molecule has 2 N–H and O–H groups in total. The first-order chi connectivity index (χ1) is 8.19. The number of aromatic nitrogens is 2. The fraction of sp³-hybridized carbons (Fsp3) is 0.667. The molecule has 0 spiro atoms. The molecule has 5 nitrogen and oxygen atoms in total. The van der Waals surface area contributed by atoms with Crippen molar-refractivity contribution in [2.45, 2.75) is 33.7 Å². The van der Waals surface area contributed by atoms with Crippen LogP contribution in [0.15, 0.2) is 6.07 Å². The van der Waals surface area contributed by atoms with Crippen LogP contribution in [-0.4, -0.2) is 35.3 Å². The van der Waals surface area contributed by atoms with Crippen LogP contribution in [0.25, 0.3) is 0 Å². The highest BCUT2D eigenvalue weighted by atomic mass is 16.2. The van der Waals surface area contributed by atoms with E-state index < -0.39 is 0 Å². The number of carbonyl (C=O) groups is 1. The minimum Gasteiger partial charge on any atom is -0.349 e. The van der Waals surface area contributed by atoms with Crippen molar-refractivity contribution < 1.29 is 4.79 Å². The molecule has 1 heterocycles. The van der Waals surface area contributed by atoms with Crippen LogP contribution in [0.3, 0.4) is 0 Å². The second-order valence-electron chi connectivity index (χ2n) is 3.99. The van der Waals surface area contributed by atoms with Gasteiger partial charge in [0.1, 0.15) is 5.69 Å². The van der Waals surface area contributed by atoms with Crippen LogP contribution in [0, 0.1) is 6.92 Å². The molecule has 0 unspecified atom stereocenters. The van der Waals surface area contributed by atoms with Crippen molar-refractivity contribution in [3.05, 3.63) is 17.5 Å². The Kier molecular flexibility index (Phi) is 5.69. The normalized spacial score (nSPS) is 10.5. The van der Waals surface area contributed by atoms with E-state index >= 15 is 0 Å². The molecule has 0 aromatic carbocycles. The van der Waals surface area contributed by atoms with Crippen molar-refractivity contribution >= 4 is 5.91 Å². The minimum absolute atomic E-state index is 0.0502. The fourth-order valence-electron chi connectivity index (χ4n) is 1.63. The number of carbonyl (C=O) groups excluding carboxylic acids is 1. The summed E-state index contributed by atoms with van der Waals surface area (Å²) in [5, 5.41) is 10.4. The third-order valence-corrected chi connectivity index (χ3v) is 2.45. The highest BCUT2D eigenvalue weighted by Gasteiger charge is 2.11. The summed E-state index contributed by atoms with van der Waals surface area (Å²) >= 11 is 0. The van der Waals surface area contributed by atoms with Gasteiger partial charge in [0.25, 0.3) is 5.91 Å². The Morgan fingerprint density at radius 1 is 1.35 bits per heavy atom. The molecule has 17 heavy (non-hydrogen) atoms. The van der Waals surface area contributed by atoms with E-state index in [2.05, 4.69) is 22.7 Å². The predicted octanol–water partition coefficient (Wildman–Crippen LogP) is 0.941. The van der Waals surface area contributed by atoms with Gasteiger partial charge in [-0.15, -0.1) is 0 Å². The molecule has 96 valence electrons. The van der Waals surface area contributed by atoms with Gasteiger partial charge < -0.3 is 10.6 Å². The van der Waals surface area contributed by atoms with Crippen LogP contribution in [0.2, 0.25) is 0 Å². The maximum Gasteiger partial charge on any atom is 0.269 e. The van der Waals surface area contributed by atoms with Crippen molar-refractivity contribution in [3.8, 4) is 0 Å². The van der Waals surface area contributed by atoms with Gasteiger partial charge in [-0.3, -0.25) is 9.48 Å². The first kappa shape index (κ1) is 13.7. The number of hydrogen-bond donors (Lipinski definition) is 2. The van der Waals surface area contributed by atoms with Gasteiger partial charge in [-0.1, -0.05) is 6.92 Å². The summed E-state index contributed by atoms with van der Waals surface area (Å²) in [5.74, 6) is -0.0502. The zero-order chi connectivity index (χ0) is 12.7. The van der Waals surface area contributed by atoms with Crippen molar-refractivity contribution in [3.63, 3.8) is 0 Å². The summed E-state index contributed by atoms with van der Waals surface area (Å²) in [6.07, 6.45) is 1.11. The summed E-state index contributed by atoms with van der Waals surface area (Å²) in [4.78, 5) is 11.9. The first-order valence-corrected chi connectivity index (χ1v) is 6.22. The molecule has 5 heteroatoms. The fourth-order valence-corrected chi connectivity index (χ4v) is 1.63. The summed E-state index contributed by atoms with van der Waals surface area (Å²) in [7, 11) is 0. The lowest BCUT2D eigenvalue weighted by atomic mass is 10.3. The Balaban J connectivity index is 2.41. The van der Waals surface area contributed by atoms with Crippen LogP contribution >= 0.6 is 0 Å². The van der Waals surface area contributed by atoms with Crippen molar-refractivity contribution in [2.24, 2.45) is 0 Å². The topological polar surface area (TPSA) is 58.9 Å². The molecule has 0 aliphatic heterocycles. The highest BCUT2D eigenvalue weighted by molar-refractivity contribution is 5.92. The van der Waals surface area contributed by atoms with Crippen LogP contribution in [0.4, 0.5) is 0 Å². The van der Waals surface area contributed by atoms with Gasteiger partial charge in [0.15, 0.2) is 0 Å². The van der Waals surface area contributed by atoms with Gasteiger partial charge >= 0.3 is 0 Å². The molecule has 0 saturated heterocycles. The third kappa shape index (κ3) is 4.19. The van der Waals surface area contributed by atoms with Crippen LogP contribution in [0.5, 0.6) is 0 Å². The van der Waals surface area contributed by atoms with E-state index in [1.807, 2.05) is 19.9 Å². The molecular formula is C12H22N4O. The van der Waals surface area contributed by atoms with E-state index in [9.17, 15) is 4.79 Å². The summed E-state index contributed by atoms with van der Waals surface area (Å²) in [5.41, 5.74) is 1.52. The van der Waals surface area contributed by atoms with E-state index in [0.29, 0.717) is 18.8 Å². The number of nitrogens with zero attached hydrogens (tertiary/aromatic N) is 2. The second-order valence-corrected chi connectivity index (χ2v) is 3.99. The maximum absolute atomic E-state index is 11.9. The average Bonchev–Trinajstić information content (AvgIpc) is 2.70. The van der Waals surface area contributed by atoms with E-state index in [0.717, 1.165) is 25.2 Å². The summed E-state index contributed by atoms with van der Waals surface area (Å²) < 4.78 is 1.73. The lowest BCUT2D eigenvalue weighted by molar-refractivity contribution is 0.0943. The van der Waals surface area contributed by atoms with Crippen LogP contribution in [-0.2, 0) is 6.54 Å². The highest BCUT2D eigenvalue weighted by Crippen LogP contribution is 2.03. The van der Waals surface area contributed by atoms with Crippen LogP contribution in [0.1, 0.15) is 36.5 Å². The second kappa shape index (κ2) is 7.06. The molecule has 0 atom stereocenters. The SMILES string of the molecule is CCCNCCNC(=O)c1cc(C)nn1CC. The molecule has 0 saturated carbocycles. The molecule has 0 aliphatic carbocycles. The maximum atomic E-state index is 11.9. The molecule has 0 fully saturated rings. The Labute approximate surface area is 103 Å². The quantitative estimate of drug-likeness (QED) is 0.695. The van der Waals surface area contributed by atoms with Gasteiger partial charge in [0.05, 0.1) is 5.69 Å². The Bertz CT molecular complexity index is 359. The van der Waals surface area contributed by atoms with Gasteiger partial charge in [0, 0.05) is 19.6 Å². The molecule has 0 aliphatic rings. The standard InChI is InChI=1S/C12H22N4O/c1-4-6-13-7-8-14-12(17)11-9-10(3)15-16(11)5-2/h9,13H,4-8H2,1-3H3,(H,14,17). The predicted molar refractivity (Wildman–Crippen MR) is 68.1 cm³/mol. The van der Waals surface area contributed by atoms with Crippen LogP contribution < -0.4 is 10.6 Å². The average molecular weight is 238 g/mol. The zero-order valence-corrected chi connectivity index (χ0v) is 10.9. The monoisotopic (exact) mass is 238 g/mol. The Morgan fingerprint density at radius 3 is 2.76 bits per heavy atom. The van der Waals surface area contributed by atoms with Gasteiger partial charge in [-0.25, -0.2) is 0 Å². The number of rotatable bonds is 7.